The zero-order valence-corrected chi connectivity index (χ0v) is 12.7. The number of hydrogen-bond acceptors (Lipinski definition) is 5. The highest BCUT2D eigenvalue weighted by Gasteiger charge is 2.27. The molecule has 7 heteroatoms. The third-order valence-electron chi connectivity index (χ3n) is 2.78. The summed E-state index contributed by atoms with van der Waals surface area (Å²) in [5.74, 6) is -0.0223. The molecule has 1 unspecified atom stereocenters. The molecule has 0 amide bonds. The van der Waals surface area contributed by atoms with Gasteiger partial charge in [0.25, 0.3) is 0 Å². The molecule has 120 valence electrons. The highest BCUT2D eigenvalue weighted by atomic mass is 16.5. The van der Waals surface area contributed by atoms with Crippen molar-refractivity contribution in [3.05, 3.63) is 35.9 Å². The van der Waals surface area contributed by atoms with Gasteiger partial charge in [0.1, 0.15) is 18.5 Å². The van der Waals surface area contributed by atoms with E-state index in [-0.39, 0.29) is 18.7 Å². The first-order valence-electron chi connectivity index (χ1n) is 6.78. The van der Waals surface area contributed by atoms with Gasteiger partial charge < -0.3 is 24.5 Å². The fourth-order valence-electron chi connectivity index (χ4n) is 1.67. The number of rotatable bonds is 10. The molecule has 0 radical (unpaired) electrons. The monoisotopic (exact) mass is 308 g/mol. The maximum absolute atomic E-state index is 11.4. The molecule has 1 aromatic carbocycles. The van der Waals surface area contributed by atoms with Crippen LogP contribution < -0.4 is 4.74 Å². The number of hydrogen-bond donors (Lipinski definition) is 0. The maximum atomic E-state index is 11.4. The lowest BCUT2D eigenvalue weighted by atomic mass is 10.2. The van der Waals surface area contributed by atoms with Crippen LogP contribution in [0.3, 0.4) is 0 Å². The topological polar surface area (TPSA) is 90.4 Å². The van der Waals surface area contributed by atoms with E-state index in [9.17, 15) is 4.79 Å². The SMILES string of the molecule is COCCOC(COc1ccccc1)CC(=[N+]=[N-])C(=O)OC. The Morgan fingerprint density at radius 1 is 1.23 bits per heavy atom. The van der Waals surface area contributed by atoms with Crippen LogP contribution in [0, 0.1) is 0 Å². The highest BCUT2D eigenvalue weighted by Crippen LogP contribution is 2.11. The fraction of sp³-hybridized carbons (Fsp3) is 0.467. The van der Waals surface area contributed by atoms with Gasteiger partial charge in [0.15, 0.2) is 0 Å². The lowest BCUT2D eigenvalue weighted by Crippen LogP contribution is -2.30. The molecule has 7 nitrogen and oxygen atoms in total. The molecule has 22 heavy (non-hydrogen) atoms. The van der Waals surface area contributed by atoms with Gasteiger partial charge in [0, 0.05) is 7.11 Å². The lowest BCUT2D eigenvalue weighted by molar-refractivity contribution is -0.138. The standard InChI is InChI=1S/C15H20N2O5/c1-19-8-9-21-13(10-14(17-16)15(18)20-2)11-22-12-6-4-3-5-7-12/h3-7,13H,8-11H2,1-2H3. The summed E-state index contributed by atoms with van der Waals surface area (Å²) in [5.41, 5.74) is 8.78. The molecule has 0 bridgehead atoms. The van der Waals surface area contributed by atoms with Crippen molar-refractivity contribution in [3.63, 3.8) is 0 Å². The van der Waals surface area contributed by atoms with Gasteiger partial charge in [-0.15, -0.1) is 0 Å². The molecule has 0 fully saturated rings. The van der Waals surface area contributed by atoms with Gasteiger partial charge in [-0.3, -0.25) is 0 Å². The smallest absolute Gasteiger partial charge is 0.416 e. The first-order chi connectivity index (χ1) is 10.7. The van der Waals surface area contributed by atoms with E-state index >= 15 is 0 Å². The van der Waals surface area contributed by atoms with Crippen molar-refractivity contribution in [1.82, 2.24) is 0 Å². The Balaban J connectivity index is 2.62. The summed E-state index contributed by atoms with van der Waals surface area (Å²) in [6.45, 7) is 0.939. The zero-order chi connectivity index (χ0) is 16.2. The van der Waals surface area contributed by atoms with E-state index in [0.717, 1.165) is 0 Å². The minimum absolute atomic E-state index is 0.0692. The van der Waals surface area contributed by atoms with Gasteiger partial charge in [-0.25, -0.2) is 4.79 Å². The van der Waals surface area contributed by atoms with Crippen LogP contribution in [-0.2, 0) is 19.0 Å². The van der Waals surface area contributed by atoms with Crippen molar-refractivity contribution in [3.8, 4) is 5.75 Å². The second-order valence-corrected chi connectivity index (χ2v) is 4.35. The number of ether oxygens (including phenoxy) is 4. The molecule has 0 aromatic heterocycles. The van der Waals surface area contributed by atoms with Crippen LogP contribution >= 0.6 is 0 Å². The van der Waals surface area contributed by atoms with Crippen LogP contribution in [0.4, 0.5) is 0 Å². The first-order valence-corrected chi connectivity index (χ1v) is 6.78. The minimum Gasteiger partial charge on any atom is -0.491 e. The number of benzene rings is 1. The number of para-hydroxylation sites is 1. The Bertz CT molecular complexity index is 500. The predicted octanol–water partition coefficient (Wildman–Crippen LogP) is 1.33. The van der Waals surface area contributed by atoms with Crippen molar-refractivity contribution in [1.29, 1.82) is 0 Å². The van der Waals surface area contributed by atoms with Gasteiger partial charge in [-0.05, 0) is 12.1 Å². The second-order valence-electron chi connectivity index (χ2n) is 4.35. The summed E-state index contributed by atoms with van der Waals surface area (Å²) >= 11 is 0. The Morgan fingerprint density at radius 3 is 2.55 bits per heavy atom. The van der Waals surface area contributed by atoms with E-state index in [2.05, 4.69) is 9.53 Å². The molecule has 0 heterocycles. The summed E-state index contributed by atoms with van der Waals surface area (Å²) in [6.07, 6.45) is -0.403. The Labute approximate surface area is 129 Å². The minimum atomic E-state index is -0.706. The molecular formula is C15H20N2O5. The van der Waals surface area contributed by atoms with Crippen molar-refractivity contribution in [2.45, 2.75) is 12.5 Å². The maximum Gasteiger partial charge on any atom is 0.416 e. The molecule has 0 N–H and O–H groups in total. The second kappa shape index (κ2) is 10.5. The quantitative estimate of drug-likeness (QED) is 0.214. The molecule has 0 saturated carbocycles. The molecule has 0 spiro atoms. The summed E-state index contributed by atoms with van der Waals surface area (Å²) in [4.78, 5) is 14.4. The summed E-state index contributed by atoms with van der Waals surface area (Å²) < 4.78 is 20.6. The van der Waals surface area contributed by atoms with Gasteiger partial charge in [-0.1, -0.05) is 18.2 Å². The van der Waals surface area contributed by atoms with E-state index in [1.54, 1.807) is 7.11 Å². The van der Waals surface area contributed by atoms with Crippen molar-refractivity contribution in [2.24, 2.45) is 0 Å². The van der Waals surface area contributed by atoms with Gasteiger partial charge in [0.2, 0.25) is 0 Å². The fourth-order valence-corrected chi connectivity index (χ4v) is 1.67. The lowest BCUT2D eigenvalue weighted by Gasteiger charge is -2.16. The van der Waals surface area contributed by atoms with E-state index in [0.29, 0.717) is 19.0 Å². The Hall–Kier alpha value is -2.21. The van der Waals surface area contributed by atoms with Gasteiger partial charge in [-0.2, -0.15) is 4.79 Å². The summed E-state index contributed by atoms with van der Waals surface area (Å²) in [7, 11) is 2.78. The number of esters is 1. The van der Waals surface area contributed by atoms with E-state index in [4.69, 9.17) is 19.7 Å². The van der Waals surface area contributed by atoms with E-state index in [1.165, 1.54) is 7.11 Å². The van der Waals surface area contributed by atoms with E-state index in [1.807, 2.05) is 30.3 Å². The normalized spacial score (nSPS) is 11.4. The van der Waals surface area contributed by atoms with Gasteiger partial charge >= 0.3 is 11.7 Å². The molecule has 1 aromatic rings. The molecule has 0 aliphatic heterocycles. The van der Waals surface area contributed by atoms with Gasteiger partial charge in [0.05, 0.1) is 26.7 Å². The largest absolute Gasteiger partial charge is 0.491 e. The Kier molecular flexibility index (Phi) is 8.52. The van der Waals surface area contributed by atoms with Crippen molar-refractivity contribution in [2.75, 3.05) is 34.0 Å². The first kappa shape index (κ1) is 17.8. The van der Waals surface area contributed by atoms with Crippen LogP contribution in [-0.4, -0.2) is 56.6 Å². The number of carbonyl (C=O) groups is 1. The highest BCUT2D eigenvalue weighted by molar-refractivity contribution is 6.33. The number of methoxy groups -OCH3 is 2. The molecule has 1 atom stereocenters. The average molecular weight is 308 g/mol. The number of nitrogens with zero attached hydrogens (tertiary/aromatic N) is 2. The van der Waals surface area contributed by atoms with Crippen molar-refractivity contribution < 1.29 is 28.5 Å². The molecular weight excluding hydrogens is 288 g/mol. The van der Waals surface area contributed by atoms with E-state index < -0.39 is 12.1 Å². The zero-order valence-electron chi connectivity index (χ0n) is 12.7. The van der Waals surface area contributed by atoms with Crippen LogP contribution in [0.5, 0.6) is 5.75 Å². The Morgan fingerprint density at radius 2 is 1.95 bits per heavy atom. The van der Waals surface area contributed by atoms with Crippen LogP contribution in [0.15, 0.2) is 30.3 Å². The van der Waals surface area contributed by atoms with Crippen LogP contribution in [0.1, 0.15) is 6.42 Å². The average Bonchev–Trinajstić information content (AvgIpc) is 2.57. The van der Waals surface area contributed by atoms with Crippen LogP contribution in [0.2, 0.25) is 0 Å². The summed E-state index contributed by atoms with van der Waals surface area (Å²) in [6, 6.07) is 9.21. The molecule has 0 aliphatic carbocycles. The third-order valence-corrected chi connectivity index (χ3v) is 2.78. The molecule has 1 rings (SSSR count). The third kappa shape index (κ3) is 6.49. The summed E-state index contributed by atoms with van der Waals surface area (Å²) in [5, 5.41) is 0. The predicted molar refractivity (Wildman–Crippen MR) is 78.8 cm³/mol. The van der Waals surface area contributed by atoms with Crippen LogP contribution in [0.25, 0.3) is 5.53 Å². The van der Waals surface area contributed by atoms with Crippen molar-refractivity contribution >= 4 is 11.7 Å². The number of carbonyl (C=O) groups excluding carboxylic acids is 1. The molecule has 0 aliphatic rings. The molecule has 0 saturated heterocycles.